The summed E-state index contributed by atoms with van der Waals surface area (Å²) in [5, 5.41) is 0. The topological polar surface area (TPSA) is 134 Å². The molecule has 55 heavy (non-hydrogen) atoms. The summed E-state index contributed by atoms with van der Waals surface area (Å²) in [7, 11) is -4.39. The van der Waals surface area contributed by atoms with Crippen molar-refractivity contribution in [3.8, 4) is 0 Å². The molecule has 0 aromatic carbocycles. The molecule has 0 aliphatic rings. The molecule has 0 fully saturated rings. The number of phosphoric acid groups is 1. The average molecular weight is 798 g/mol. The van der Waals surface area contributed by atoms with Gasteiger partial charge in [0.05, 0.1) is 13.2 Å². The van der Waals surface area contributed by atoms with E-state index in [9.17, 15) is 19.0 Å². The van der Waals surface area contributed by atoms with E-state index in [2.05, 4.69) is 44.2 Å². The SMILES string of the molecule is CCCCCCCCC=CCC=CCC=CCCCC(=O)O[C@H](COC(=O)CCCCCCCCCCCCCCCCCCC)COP(=O)(O)OCCN. The van der Waals surface area contributed by atoms with E-state index >= 15 is 0 Å². The van der Waals surface area contributed by atoms with Crippen molar-refractivity contribution in [2.24, 2.45) is 5.73 Å². The highest BCUT2D eigenvalue weighted by molar-refractivity contribution is 7.47. The van der Waals surface area contributed by atoms with E-state index in [0.717, 1.165) is 44.9 Å². The smallest absolute Gasteiger partial charge is 0.462 e. The molecule has 1 unspecified atom stereocenters. The number of esters is 2. The maximum atomic E-state index is 12.6. The number of carbonyl (C=O) groups is 2. The van der Waals surface area contributed by atoms with Gasteiger partial charge in [0.25, 0.3) is 0 Å². The first kappa shape index (κ1) is 53.2. The summed E-state index contributed by atoms with van der Waals surface area (Å²) in [6, 6.07) is 0. The van der Waals surface area contributed by atoms with Crippen molar-refractivity contribution in [1.29, 1.82) is 0 Å². The van der Waals surface area contributed by atoms with Gasteiger partial charge in [-0.05, 0) is 44.9 Å². The summed E-state index contributed by atoms with van der Waals surface area (Å²) in [5.41, 5.74) is 5.35. The summed E-state index contributed by atoms with van der Waals surface area (Å²) < 4.78 is 32.7. The Morgan fingerprint density at radius 1 is 0.545 bits per heavy atom. The molecule has 0 saturated heterocycles. The lowest BCUT2D eigenvalue weighted by molar-refractivity contribution is -0.161. The lowest BCUT2D eigenvalue weighted by Crippen LogP contribution is -2.29. The third-order valence-corrected chi connectivity index (χ3v) is 10.5. The molecule has 0 bridgehead atoms. The average Bonchev–Trinajstić information content (AvgIpc) is 3.17. The van der Waals surface area contributed by atoms with Crippen LogP contribution in [0.5, 0.6) is 0 Å². The third-order valence-electron chi connectivity index (χ3n) is 9.53. The summed E-state index contributed by atoms with van der Waals surface area (Å²) in [6.45, 7) is 3.69. The van der Waals surface area contributed by atoms with Crippen LogP contribution in [-0.4, -0.2) is 49.3 Å². The monoisotopic (exact) mass is 798 g/mol. The Labute approximate surface area is 337 Å². The van der Waals surface area contributed by atoms with Crippen molar-refractivity contribution in [3.05, 3.63) is 36.5 Å². The second-order valence-corrected chi connectivity index (χ2v) is 16.4. The zero-order valence-corrected chi connectivity index (χ0v) is 36.3. The fourth-order valence-electron chi connectivity index (χ4n) is 6.18. The minimum absolute atomic E-state index is 0.0464. The van der Waals surface area contributed by atoms with Crippen LogP contribution < -0.4 is 5.73 Å². The highest BCUT2D eigenvalue weighted by atomic mass is 31.2. The van der Waals surface area contributed by atoms with Gasteiger partial charge in [-0.15, -0.1) is 0 Å². The van der Waals surface area contributed by atoms with Crippen molar-refractivity contribution >= 4 is 19.8 Å². The molecule has 0 spiro atoms. The molecule has 0 aromatic rings. The lowest BCUT2D eigenvalue weighted by Gasteiger charge is -2.19. The van der Waals surface area contributed by atoms with E-state index in [-0.39, 0.29) is 32.6 Å². The van der Waals surface area contributed by atoms with Gasteiger partial charge in [0.15, 0.2) is 6.10 Å². The molecule has 3 N–H and O–H groups in total. The van der Waals surface area contributed by atoms with Crippen LogP contribution in [-0.2, 0) is 32.7 Å². The van der Waals surface area contributed by atoms with Gasteiger partial charge in [0.1, 0.15) is 6.61 Å². The highest BCUT2D eigenvalue weighted by Gasteiger charge is 2.25. The number of hydrogen-bond donors (Lipinski definition) is 2. The Morgan fingerprint density at radius 2 is 0.964 bits per heavy atom. The van der Waals surface area contributed by atoms with Crippen molar-refractivity contribution < 1.29 is 37.6 Å². The van der Waals surface area contributed by atoms with Crippen molar-refractivity contribution in [2.75, 3.05) is 26.4 Å². The predicted octanol–water partition coefficient (Wildman–Crippen LogP) is 12.9. The molecule has 0 aliphatic heterocycles. The fraction of sp³-hybridized carbons (Fsp3) is 0.822. The number of hydrogen-bond acceptors (Lipinski definition) is 8. The Hall–Kier alpha value is -1.77. The number of carbonyl (C=O) groups excluding carboxylic acids is 2. The number of ether oxygens (including phenoxy) is 2. The predicted molar refractivity (Wildman–Crippen MR) is 229 cm³/mol. The van der Waals surface area contributed by atoms with E-state index in [0.29, 0.717) is 6.42 Å². The Morgan fingerprint density at radius 3 is 1.45 bits per heavy atom. The van der Waals surface area contributed by atoms with Crippen LogP contribution in [0.25, 0.3) is 0 Å². The van der Waals surface area contributed by atoms with Gasteiger partial charge < -0.3 is 20.1 Å². The van der Waals surface area contributed by atoms with E-state index in [4.69, 9.17) is 24.3 Å². The maximum Gasteiger partial charge on any atom is 0.472 e. The van der Waals surface area contributed by atoms with Gasteiger partial charge in [0, 0.05) is 19.4 Å². The number of rotatable bonds is 42. The van der Waals surface area contributed by atoms with Gasteiger partial charge in [-0.2, -0.15) is 0 Å². The first-order valence-electron chi connectivity index (χ1n) is 22.5. The maximum absolute atomic E-state index is 12.6. The number of unbranched alkanes of at least 4 members (excludes halogenated alkanes) is 23. The molecule has 0 aliphatic carbocycles. The molecule has 2 atom stereocenters. The third kappa shape index (κ3) is 41.7. The van der Waals surface area contributed by atoms with Crippen LogP contribution in [0, 0.1) is 0 Å². The molecule has 0 heterocycles. The molecule has 322 valence electrons. The second kappa shape index (κ2) is 41.9. The van der Waals surface area contributed by atoms with E-state index in [1.165, 1.54) is 128 Å². The number of phosphoric ester groups is 1. The zero-order valence-electron chi connectivity index (χ0n) is 35.4. The van der Waals surface area contributed by atoms with E-state index < -0.39 is 32.5 Å². The molecular formula is C45H84NO8P. The molecule has 0 radical (unpaired) electrons. The zero-order chi connectivity index (χ0) is 40.3. The van der Waals surface area contributed by atoms with Crippen LogP contribution in [0.4, 0.5) is 0 Å². The minimum Gasteiger partial charge on any atom is -0.462 e. The summed E-state index contributed by atoms with van der Waals surface area (Å²) in [5.74, 6) is -0.883. The fourth-order valence-corrected chi connectivity index (χ4v) is 6.95. The molecule has 0 saturated carbocycles. The van der Waals surface area contributed by atoms with Crippen LogP contribution in [0.2, 0.25) is 0 Å². The Kier molecular flexibility index (Phi) is 40.5. The van der Waals surface area contributed by atoms with Gasteiger partial charge >= 0.3 is 19.8 Å². The first-order valence-corrected chi connectivity index (χ1v) is 24.0. The number of nitrogens with two attached hydrogens (primary N) is 1. The van der Waals surface area contributed by atoms with Gasteiger partial charge in [0.2, 0.25) is 0 Å². The molecular weight excluding hydrogens is 713 g/mol. The Bertz CT molecular complexity index is 1000. The largest absolute Gasteiger partial charge is 0.472 e. The highest BCUT2D eigenvalue weighted by Crippen LogP contribution is 2.43. The Balaban J connectivity index is 4.19. The summed E-state index contributed by atoms with van der Waals surface area (Å²) >= 11 is 0. The molecule has 0 amide bonds. The normalized spacial score (nSPS) is 13.6. The quantitative estimate of drug-likeness (QED) is 0.0268. The molecule has 10 heteroatoms. The van der Waals surface area contributed by atoms with Crippen molar-refractivity contribution in [3.63, 3.8) is 0 Å². The minimum atomic E-state index is -4.39. The molecule has 9 nitrogen and oxygen atoms in total. The first-order chi connectivity index (χ1) is 26.8. The van der Waals surface area contributed by atoms with E-state index in [1.807, 2.05) is 6.08 Å². The van der Waals surface area contributed by atoms with Crippen molar-refractivity contribution in [2.45, 2.75) is 213 Å². The van der Waals surface area contributed by atoms with Crippen LogP contribution in [0.1, 0.15) is 206 Å². The van der Waals surface area contributed by atoms with Crippen LogP contribution in [0.3, 0.4) is 0 Å². The van der Waals surface area contributed by atoms with Gasteiger partial charge in [-0.25, -0.2) is 4.57 Å². The summed E-state index contributed by atoms with van der Waals surface area (Å²) in [6.07, 6.45) is 46.1. The van der Waals surface area contributed by atoms with Crippen LogP contribution >= 0.6 is 7.82 Å². The molecule has 0 rings (SSSR count). The number of allylic oxidation sites excluding steroid dienone is 6. The molecule has 0 aromatic heterocycles. The van der Waals surface area contributed by atoms with Crippen LogP contribution in [0.15, 0.2) is 36.5 Å². The summed E-state index contributed by atoms with van der Waals surface area (Å²) in [4.78, 5) is 34.9. The van der Waals surface area contributed by atoms with Gasteiger partial charge in [-0.3, -0.25) is 18.6 Å². The lowest BCUT2D eigenvalue weighted by atomic mass is 10.0. The standard InChI is InChI=1S/C45H84NO8P/c1-3-5-7-9-11-13-15-17-19-21-23-25-27-29-31-33-35-37-44(47)51-41-43(42-53-55(49,50)52-40-39-46)54-45(48)38-36-34-32-30-28-26-24-22-20-18-16-14-12-10-8-6-4-2/h18,20,24,26,30,32,43H,3-17,19,21-23,25,27-29,31,33-42,46H2,1-2H3,(H,49,50)/t43-/m1/s1. The van der Waals surface area contributed by atoms with Gasteiger partial charge in [-0.1, -0.05) is 185 Å². The van der Waals surface area contributed by atoms with E-state index in [1.54, 1.807) is 0 Å². The van der Waals surface area contributed by atoms with Crippen molar-refractivity contribution in [1.82, 2.24) is 0 Å². The second-order valence-electron chi connectivity index (χ2n) is 14.9.